The van der Waals surface area contributed by atoms with Crippen LogP contribution in [0.25, 0.3) is 0 Å². The summed E-state index contributed by atoms with van der Waals surface area (Å²) in [5.41, 5.74) is 1.30. The molecule has 0 atom stereocenters. The maximum Gasteiger partial charge on any atom is 0.242 e. The second-order valence-electron chi connectivity index (χ2n) is 4.41. The molecule has 0 bridgehead atoms. The molecule has 21 heavy (non-hydrogen) atoms. The Hall–Kier alpha value is -0.440. The molecular formula is C13H13BrClNO3S2. The summed E-state index contributed by atoms with van der Waals surface area (Å²) in [5.74, 6) is 0. The van der Waals surface area contributed by atoms with Gasteiger partial charge in [-0.15, -0.1) is 11.3 Å². The zero-order valence-corrected chi connectivity index (χ0v) is 15.0. The van der Waals surface area contributed by atoms with Gasteiger partial charge in [-0.05, 0) is 52.2 Å². The van der Waals surface area contributed by atoms with Crippen LogP contribution in [0.4, 0.5) is 0 Å². The van der Waals surface area contributed by atoms with Crippen LogP contribution >= 0.6 is 38.9 Å². The van der Waals surface area contributed by atoms with Gasteiger partial charge in [0.2, 0.25) is 10.0 Å². The second kappa shape index (κ2) is 6.76. The molecule has 8 heteroatoms. The molecule has 2 N–H and O–H groups in total. The van der Waals surface area contributed by atoms with Gasteiger partial charge in [-0.2, -0.15) is 0 Å². The number of rotatable bonds is 5. The minimum absolute atomic E-state index is 0.120. The Labute approximate surface area is 140 Å². The Bertz CT molecular complexity index is 759. The van der Waals surface area contributed by atoms with Gasteiger partial charge in [-0.1, -0.05) is 17.7 Å². The van der Waals surface area contributed by atoms with Crippen molar-refractivity contribution >= 4 is 48.9 Å². The van der Waals surface area contributed by atoms with Gasteiger partial charge in [0.05, 0.1) is 15.8 Å². The van der Waals surface area contributed by atoms with Crippen LogP contribution in [0.3, 0.4) is 0 Å². The Kier molecular flexibility index (Phi) is 5.45. The number of aliphatic hydroxyl groups is 1. The lowest BCUT2D eigenvalue weighted by atomic mass is 10.1. The Morgan fingerprint density at radius 2 is 2.10 bits per heavy atom. The molecule has 0 fully saturated rings. The molecule has 2 rings (SSSR count). The van der Waals surface area contributed by atoms with E-state index >= 15 is 0 Å². The van der Waals surface area contributed by atoms with E-state index in [1.54, 1.807) is 25.1 Å². The fraction of sp³-hybridized carbons (Fsp3) is 0.231. The van der Waals surface area contributed by atoms with Crippen LogP contribution in [0, 0.1) is 6.92 Å². The number of thiophene rings is 1. The number of halogens is 2. The standard InChI is InChI=1S/C13H13BrClNO3S2/c1-8-4-9(7-17)5-11(13(8)14)21(18,19)16-6-10-2-3-12(15)20-10/h2-5,16-17H,6-7H2,1H3. The molecule has 0 saturated heterocycles. The SMILES string of the molecule is Cc1cc(CO)cc(S(=O)(=O)NCc2ccc(Cl)s2)c1Br. The number of nitrogens with one attached hydrogen (secondary N) is 1. The van der Waals surface area contributed by atoms with Crippen LogP contribution in [-0.2, 0) is 23.2 Å². The first-order valence-electron chi connectivity index (χ1n) is 5.97. The average Bonchev–Trinajstić information content (AvgIpc) is 2.85. The van der Waals surface area contributed by atoms with Gasteiger partial charge in [0.15, 0.2) is 0 Å². The summed E-state index contributed by atoms with van der Waals surface area (Å²) < 4.78 is 28.5. The summed E-state index contributed by atoms with van der Waals surface area (Å²) in [6, 6.07) is 6.70. The third-order valence-electron chi connectivity index (χ3n) is 2.82. The molecule has 0 amide bonds. The van der Waals surface area contributed by atoms with Crippen molar-refractivity contribution in [3.63, 3.8) is 0 Å². The van der Waals surface area contributed by atoms with Gasteiger partial charge in [0.25, 0.3) is 0 Å². The smallest absolute Gasteiger partial charge is 0.242 e. The number of hydrogen-bond acceptors (Lipinski definition) is 4. The van der Waals surface area contributed by atoms with Crippen LogP contribution < -0.4 is 4.72 Å². The van der Waals surface area contributed by atoms with E-state index in [0.717, 1.165) is 10.4 Å². The molecule has 0 saturated carbocycles. The van der Waals surface area contributed by atoms with Crippen molar-refractivity contribution in [1.29, 1.82) is 0 Å². The van der Waals surface area contributed by atoms with Crippen molar-refractivity contribution in [2.24, 2.45) is 0 Å². The van der Waals surface area contributed by atoms with Crippen molar-refractivity contribution in [3.05, 3.63) is 49.1 Å². The highest BCUT2D eigenvalue weighted by atomic mass is 79.9. The van der Waals surface area contributed by atoms with Gasteiger partial charge in [-0.3, -0.25) is 0 Å². The van der Waals surface area contributed by atoms with E-state index in [2.05, 4.69) is 20.7 Å². The normalized spacial score (nSPS) is 11.8. The van der Waals surface area contributed by atoms with E-state index < -0.39 is 10.0 Å². The number of aliphatic hydroxyl groups excluding tert-OH is 1. The first-order chi connectivity index (χ1) is 9.83. The molecule has 114 valence electrons. The van der Waals surface area contributed by atoms with Gasteiger partial charge in [0, 0.05) is 15.9 Å². The third kappa shape index (κ3) is 4.06. The lowest BCUT2D eigenvalue weighted by Crippen LogP contribution is -2.23. The molecular weight excluding hydrogens is 398 g/mol. The third-order valence-corrected chi connectivity index (χ3v) is 6.79. The maximum absolute atomic E-state index is 12.4. The number of sulfonamides is 1. The largest absolute Gasteiger partial charge is 0.392 e. The predicted molar refractivity (Wildman–Crippen MR) is 88.2 cm³/mol. The Morgan fingerprint density at radius 3 is 2.67 bits per heavy atom. The van der Waals surface area contributed by atoms with Gasteiger partial charge >= 0.3 is 0 Å². The lowest BCUT2D eigenvalue weighted by molar-refractivity contribution is 0.281. The lowest BCUT2D eigenvalue weighted by Gasteiger charge is -2.11. The highest BCUT2D eigenvalue weighted by molar-refractivity contribution is 9.10. The van der Waals surface area contributed by atoms with E-state index in [-0.39, 0.29) is 18.0 Å². The topological polar surface area (TPSA) is 66.4 Å². The van der Waals surface area contributed by atoms with Crippen LogP contribution in [0.5, 0.6) is 0 Å². The van der Waals surface area contributed by atoms with Crippen molar-refractivity contribution in [1.82, 2.24) is 4.72 Å². The van der Waals surface area contributed by atoms with Crippen molar-refractivity contribution in [2.45, 2.75) is 25.0 Å². The van der Waals surface area contributed by atoms with Crippen LogP contribution in [-0.4, -0.2) is 13.5 Å². The van der Waals surface area contributed by atoms with Crippen LogP contribution in [0.2, 0.25) is 4.34 Å². The highest BCUT2D eigenvalue weighted by Gasteiger charge is 2.20. The summed E-state index contributed by atoms with van der Waals surface area (Å²) in [5, 5.41) is 9.21. The summed E-state index contributed by atoms with van der Waals surface area (Å²) in [6.45, 7) is 1.74. The monoisotopic (exact) mass is 409 g/mol. The fourth-order valence-electron chi connectivity index (χ4n) is 1.79. The summed E-state index contributed by atoms with van der Waals surface area (Å²) >= 11 is 10.4. The quantitative estimate of drug-likeness (QED) is 0.793. The number of benzene rings is 1. The second-order valence-corrected chi connectivity index (χ2v) is 8.74. The van der Waals surface area contributed by atoms with E-state index in [0.29, 0.717) is 14.4 Å². The Morgan fingerprint density at radius 1 is 1.38 bits per heavy atom. The zero-order chi connectivity index (χ0) is 15.6. The molecule has 4 nitrogen and oxygen atoms in total. The van der Waals surface area contributed by atoms with E-state index in [1.165, 1.54) is 17.4 Å². The molecule has 1 aromatic heterocycles. The fourth-order valence-corrected chi connectivity index (χ4v) is 4.98. The molecule has 0 aliphatic rings. The molecule has 1 aromatic carbocycles. The predicted octanol–water partition coefficient (Wildman–Crippen LogP) is 3.44. The van der Waals surface area contributed by atoms with Crippen molar-refractivity contribution in [2.75, 3.05) is 0 Å². The molecule has 1 heterocycles. The van der Waals surface area contributed by atoms with Crippen molar-refractivity contribution < 1.29 is 13.5 Å². The van der Waals surface area contributed by atoms with Gasteiger partial charge < -0.3 is 5.11 Å². The molecule has 2 aromatic rings. The Balaban J connectivity index is 2.29. The molecule has 0 aliphatic carbocycles. The first-order valence-corrected chi connectivity index (χ1v) is 9.44. The highest BCUT2D eigenvalue weighted by Crippen LogP contribution is 2.28. The summed E-state index contributed by atoms with van der Waals surface area (Å²) in [6.07, 6.45) is 0. The van der Waals surface area contributed by atoms with E-state index in [4.69, 9.17) is 11.6 Å². The minimum Gasteiger partial charge on any atom is -0.392 e. The zero-order valence-electron chi connectivity index (χ0n) is 11.1. The molecule has 0 unspecified atom stereocenters. The number of aryl methyl sites for hydroxylation is 1. The van der Waals surface area contributed by atoms with Gasteiger partial charge in [0.1, 0.15) is 0 Å². The minimum atomic E-state index is -3.68. The van der Waals surface area contributed by atoms with Crippen LogP contribution in [0.1, 0.15) is 16.0 Å². The molecule has 0 radical (unpaired) electrons. The summed E-state index contributed by atoms with van der Waals surface area (Å²) in [4.78, 5) is 0.948. The average molecular weight is 411 g/mol. The molecule has 0 spiro atoms. The molecule has 0 aliphatic heterocycles. The summed E-state index contributed by atoms with van der Waals surface area (Å²) in [7, 11) is -3.68. The van der Waals surface area contributed by atoms with Gasteiger partial charge in [-0.25, -0.2) is 13.1 Å². The first kappa shape index (κ1) is 16.9. The van der Waals surface area contributed by atoms with Crippen LogP contribution in [0.15, 0.2) is 33.6 Å². The number of hydrogen-bond donors (Lipinski definition) is 2. The van der Waals surface area contributed by atoms with Crippen molar-refractivity contribution in [3.8, 4) is 0 Å². The maximum atomic E-state index is 12.4. The van der Waals surface area contributed by atoms with E-state index in [1.807, 2.05) is 0 Å². The van der Waals surface area contributed by atoms with E-state index in [9.17, 15) is 13.5 Å².